The lowest BCUT2D eigenvalue weighted by molar-refractivity contribution is -0.119. The maximum Gasteiger partial charge on any atom is 0.343 e. The van der Waals surface area contributed by atoms with Crippen LogP contribution in [0.1, 0.15) is 41.1 Å². The molecule has 3 rings (SSSR count). The van der Waals surface area contributed by atoms with Gasteiger partial charge in [0.2, 0.25) is 0 Å². The van der Waals surface area contributed by atoms with Gasteiger partial charge < -0.3 is 4.74 Å². The van der Waals surface area contributed by atoms with Crippen LogP contribution in [0.2, 0.25) is 6.32 Å². The Morgan fingerprint density at radius 1 is 1.18 bits per heavy atom. The van der Waals surface area contributed by atoms with Gasteiger partial charge in [0, 0.05) is 5.92 Å². The first kappa shape index (κ1) is 14.8. The molecule has 2 aliphatic rings. The zero-order valence-electron chi connectivity index (χ0n) is 12.7. The highest BCUT2D eigenvalue weighted by atomic mass is 16.5. The molecule has 1 unspecified atom stereocenters. The van der Waals surface area contributed by atoms with Gasteiger partial charge in [-0.25, -0.2) is 4.79 Å². The minimum Gasteiger partial charge on any atom is -0.423 e. The molecule has 3 nitrogen and oxygen atoms in total. The standard InChI is InChI=1S/C18H19BO3/c19-11-17(20)14-7-9-16(10-8-14)22-18(21)15-5-3-13(4-6-15)12-1-2-12/h3-7,9-10,12,14H,1-2,8,11,19H2. The van der Waals surface area contributed by atoms with Crippen LogP contribution in [0.4, 0.5) is 0 Å². The van der Waals surface area contributed by atoms with Crippen molar-refractivity contribution in [3.63, 3.8) is 0 Å². The summed E-state index contributed by atoms with van der Waals surface area (Å²) >= 11 is 0. The number of ketones is 1. The molecule has 0 amide bonds. The van der Waals surface area contributed by atoms with Gasteiger partial charge in [-0.2, -0.15) is 0 Å². The molecule has 0 heterocycles. The summed E-state index contributed by atoms with van der Waals surface area (Å²) < 4.78 is 5.38. The van der Waals surface area contributed by atoms with Crippen molar-refractivity contribution >= 4 is 19.6 Å². The molecule has 4 heteroatoms. The Morgan fingerprint density at radius 3 is 2.45 bits per heavy atom. The van der Waals surface area contributed by atoms with Gasteiger partial charge in [0.15, 0.2) is 0 Å². The van der Waals surface area contributed by atoms with Crippen molar-refractivity contribution in [2.75, 3.05) is 0 Å². The fraction of sp³-hybridized carbons (Fsp3) is 0.333. The van der Waals surface area contributed by atoms with Crippen LogP contribution in [0, 0.1) is 5.92 Å². The second kappa shape index (κ2) is 6.35. The number of carbonyl (C=O) groups is 2. The Bertz CT molecular complexity index is 639. The highest BCUT2D eigenvalue weighted by molar-refractivity contribution is 6.20. The molecule has 1 fully saturated rings. The molecule has 112 valence electrons. The summed E-state index contributed by atoms with van der Waals surface area (Å²) in [6.07, 6.45) is 8.99. The topological polar surface area (TPSA) is 43.4 Å². The average molecular weight is 294 g/mol. The number of allylic oxidation sites excluding steroid dienone is 3. The molecular weight excluding hydrogens is 275 g/mol. The van der Waals surface area contributed by atoms with E-state index in [9.17, 15) is 9.59 Å². The Hall–Kier alpha value is -2.10. The van der Waals surface area contributed by atoms with Gasteiger partial charge in [0.25, 0.3) is 0 Å². The zero-order valence-corrected chi connectivity index (χ0v) is 12.7. The summed E-state index contributed by atoms with van der Waals surface area (Å²) in [6.45, 7) is 0. The fourth-order valence-electron chi connectivity index (χ4n) is 2.65. The van der Waals surface area contributed by atoms with Crippen molar-refractivity contribution in [3.8, 4) is 0 Å². The van der Waals surface area contributed by atoms with Crippen LogP contribution in [-0.2, 0) is 9.53 Å². The lowest BCUT2D eigenvalue weighted by atomic mass is 9.87. The number of ether oxygens (including phenoxy) is 1. The Morgan fingerprint density at radius 2 is 1.91 bits per heavy atom. The summed E-state index contributed by atoms with van der Waals surface area (Å²) in [5.74, 6) is 0.996. The van der Waals surface area contributed by atoms with Crippen molar-refractivity contribution in [2.45, 2.75) is 31.5 Å². The van der Waals surface area contributed by atoms with Crippen molar-refractivity contribution in [3.05, 3.63) is 59.4 Å². The number of Topliss-reactive ketones (excluding diaryl/α,β-unsaturated/α-hetero) is 1. The summed E-state index contributed by atoms with van der Waals surface area (Å²) in [5.41, 5.74) is 1.86. The first-order valence-corrected chi connectivity index (χ1v) is 7.90. The van der Waals surface area contributed by atoms with Gasteiger partial charge in [-0.1, -0.05) is 18.2 Å². The zero-order chi connectivity index (χ0) is 15.5. The van der Waals surface area contributed by atoms with Crippen LogP contribution in [0.5, 0.6) is 0 Å². The van der Waals surface area contributed by atoms with E-state index in [-0.39, 0.29) is 17.7 Å². The molecule has 0 aromatic heterocycles. The largest absolute Gasteiger partial charge is 0.423 e. The van der Waals surface area contributed by atoms with E-state index in [1.807, 2.05) is 44.3 Å². The smallest absolute Gasteiger partial charge is 0.343 e. The molecule has 2 aliphatic carbocycles. The van der Waals surface area contributed by atoms with Crippen LogP contribution in [0.15, 0.2) is 48.3 Å². The van der Waals surface area contributed by atoms with Crippen molar-refractivity contribution in [1.82, 2.24) is 0 Å². The minimum absolute atomic E-state index is 0.0784. The van der Waals surface area contributed by atoms with Crippen molar-refractivity contribution < 1.29 is 14.3 Å². The first-order valence-electron chi connectivity index (χ1n) is 7.90. The van der Waals surface area contributed by atoms with E-state index >= 15 is 0 Å². The van der Waals surface area contributed by atoms with Crippen molar-refractivity contribution in [1.29, 1.82) is 0 Å². The number of hydrogen-bond acceptors (Lipinski definition) is 3. The molecule has 1 aromatic rings. The number of benzene rings is 1. The van der Waals surface area contributed by atoms with E-state index in [1.165, 1.54) is 18.4 Å². The summed E-state index contributed by atoms with van der Waals surface area (Å²) in [4.78, 5) is 23.7. The van der Waals surface area contributed by atoms with E-state index in [4.69, 9.17) is 4.74 Å². The Labute approximate surface area is 131 Å². The van der Waals surface area contributed by atoms with Gasteiger partial charge in [0.1, 0.15) is 19.4 Å². The van der Waals surface area contributed by atoms with Gasteiger partial charge in [-0.15, -0.1) is 0 Å². The van der Waals surface area contributed by atoms with Crippen LogP contribution in [0.3, 0.4) is 0 Å². The molecular formula is C18H19BO3. The molecule has 0 bridgehead atoms. The van der Waals surface area contributed by atoms with Crippen LogP contribution >= 0.6 is 0 Å². The highest BCUT2D eigenvalue weighted by Gasteiger charge is 2.23. The fourth-order valence-corrected chi connectivity index (χ4v) is 2.65. The quantitative estimate of drug-likeness (QED) is 0.619. The average Bonchev–Trinajstić information content (AvgIpc) is 3.40. The monoisotopic (exact) mass is 294 g/mol. The Kier molecular flexibility index (Phi) is 4.28. The molecule has 1 saturated carbocycles. The second-order valence-corrected chi connectivity index (χ2v) is 5.91. The molecule has 0 radical (unpaired) electrons. The molecule has 1 aromatic carbocycles. The van der Waals surface area contributed by atoms with E-state index in [0.717, 1.165) is 0 Å². The third kappa shape index (κ3) is 3.38. The minimum atomic E-state index is -0.349. The Balaban J connectivity index is 1.59. The molecule has 0 spiro atoms. The molecule has 0 N–H and O–H groups in total. The summed E-state index contributed by atoms with van der Waals surface area (Å²) in [5, 5.41) is 0. The first-order chi connectivity index (χ1) is 10.7. The predicted octanol–water partition coefficient (Wildman–Crippen LogP) is 2.80. The molecule has 22 heavy (non-hydrogen) atoms. The second-order valence-electron chi connectivity index (χ2n) is 5.91. The van der Waals surface area contributed by atoms with E-state index in [0.29, 0.717) is 30.0 Å². The maximum absolute atomic E-state index is 12.1. The predicted molar refractivity (Wildman–Crippen MR) is 87.5 cm³/mol. The SMILES string of the molecule is BCC(=O)C1C=CC(OC(=O)c2ccc(C3CC3)cc2)=CC1. The maximum atomic E-state index is 12.1. The lowest BCUT2D eigenvalue weighted by Crippen LogP contribution is -2.14. The summed E-state index contributed by atoms with van der Waals surface area (Å²) in [7, 11) is 1.86. The summed E-state index contributed by atoms with van der Waals surface area (Å²) in [6, 6.07) is 7.67. The third-order valence-corrected chi connectivity index (χ3v) is 4.23. The molecule has 1 atom stereocenters. The van der Waals surface area contributed by atoms with Crippen molar-refractivity contribution in [2.24, 2.45) is 5.92 Å². The van der Waals surface area contributed by atoms with Gasteiger partial charge >= 0.3 is 5.97 Å². The van der Waals surface area contributed by atoms with E-state index < -0.39 is 0 Å². The van der Waals surface area contributed by atoms with Gasteiger partial charge in [-0.05, 0) is 61.3 Å². The molecule has 0 saturated heterocycles. The molecule has 0 aliphatic heterocycles. The van der Waals surface area contributed by atoms with Gasteiger partial charge in [0.05, 0.1) is 5.56 Å². The third-order valence-electron chi connectivity index (χ3n) is 4.23. The van der Waals surface area contributed by atoms with Crippen LogP contribution in [-0.4, -0.2) is 19.6 Å². The van der Waals surface area contributed by atoms with Crippen LogP contribution < -0.4 is 0 Å². The van der Waals surface area contributed by atoms with E-state index in [1.54, 1.807) is 6.08 Å². The number of hydrogen-bond donors (Lipinski definition) is 0. The normalized spacial score (nSPS) is 20.4. The van der Waals surface area contributed by atoms with Gasteiger partial charge in [-0.3, -0.25) is 4.79 Å². The highest BCUT2D eigenvalue weighted by Crippen LogP contribution is 2.39. The number of esters is 1. The lowest BCUT2D eigenvalue weighted by Gasteiger charge is -2.14. The van der Waals surface area contributed by atoms with E-state index in [2.05, 4.69) is 0 Å². The number of rotatable bonds is 5. The number of carbonyl (C=O) groups excluding carboxylic acids is 2. The van der Waals surface area contributed by atoms with Crippen LogP contribution in [0.25, 0.3) is 0 Å².